The van der Waals surface area contributed by atoms with E-state index in [1.807, 2.05) is 67.6 Å². The highest BCUT2D eigenvalue weighted by atomic mass is 35.5. The van der Waals surface area contributed by atoms with Crippen LogP contribution in [0.25, 0.3) is 17.5 Å². The van der Waals surface area contributed by atoms with Crippen molar-refractivity contribution in [2.75, 3.05) is 0 Å². The summed E-state index contributed by atoms with van der Waals surface area (Å²) in [6, 6.07) is 17.7. The van der Waals surface area contributed by atoms with Crippen LogP contribution in [0.1, 0.15) is 11.1 Å². The van der Waals surface area contributed by atoms with Crippen molar-refractivity contribution in [2.24, 2.45) is 5.10 Å². The average molecular weight is 355 g/mol. The maximum atomic E-state index is 6.25. The lowest BCUT2D eigenvalue weighted by Gasteiger charge is -2.04. The molecule has 0 fully saturated rings. The number of H-pyrrole nitrogens is 1. The number of nitrogens with one attached hydrogen (secondary N) is 1. The summed E-state index contributed by atoms with van der Waals surface area (Å²) >= 11 is 11.5. The molecule has 0 atom stereocenters. The molecule has 0 radical (unpaired) electrons. The zero-order valence-electron chi connectivity index (χ0n) is 13.0. The first kappa shape index (κ1) is 16.4. The molecule has 120 valence electrons. The van der Waals surface area contributed by atoms with Crippen molar-refractivity contribution in [1.29, 1.82) is 0 Å². The Bertz CT molecular complexity index is 954. The van der Waals surface area contributed by atoms with E-state index in [9.17, 15) is 0 Å². The molecule has 1 aromatic heterocycles. The Kier molecular flexibility index (Phi) is 5.03. The van der Waals surface area contributed by atoms with Gasteiger partial charge >= 0.3 is 0 Å². The van der Waals surface area contributed by atoms with Crippen LogP contribution in [0, 0.1) is 11.7 Å². The number of halogens is 1. The number of hydrogen-bond donors (Lipinski definition) is 1. The summed E-state index contributed by atoms with van der Waals surface area (Å²) in [5.74, 6) is 0.651. The molecule has 0 amide bonds. The number of hydrogen-bond acceptors (Lipinski definition) is 3. The number of allylic oxidation sites excluding steroid dienone is 1. The van der Waals surface area contributed by atoms with Gasteiger partial charge in [0.1, 0.15) is 0 Å². The van der Waals surface area contributed by atoms with Crippen molar-refractivity contribution in [3.05, 3.63) is 75.5 Å². The lowest BCUT2D eigenvalue weighted by atomic mass is 10.1. The SMILES string of the molecule is Cc1ccccc1-c1n[nH]c(=S)n1/N=C\C(Cl)=C/c1ccccc1. The molecule has 3 rings (SSSR count). The summed E-state index contributed by atoms with van der Waals surface area (Å²) in [6.45, 7) is 2.02. The number of aromatic amines is 1. The van der Waals surface area contributed by atoms with Gasteiger partial charge in [0, 0.05) is 5.56 Å². The molecular formula is C18H15ClN4S. The first-order valence-corrected chi connectivity index (χ1v) is 8.14. The molecule has 1 heterocycles. The second-order valence-electron chi connectivity index (χ2n) is 5.16. The first-order valence-electron chi connectivity index (χ1n) is 7.35. The van der Waals surface area contributed by atoms with Gasteiger partial charge < -0.3 is 0 Å². The molecule has 0 aliphatic rings. The fraction of sp³-hybridized carbons (Fsp3) is 0.0556. The average Bonchev–Trinajstić information content (AvgIpc) is 2.95. The largest absolute Gasteiger partial charge is 0.250 e. The lowest BCUT2D eigenvalue weighted by Crippen LogP contribution is -1.96. The Balaban J connectivity index is 1.94. The minimum atomic E-state index is 0.411. The monoisotopic (exact) mass is 354 g/mol. The molecule has 0 saturated carbocycles. The molecule has 0 unspecified atom stereocenters. The van der Waals surface area contributed by atoms with E-state index in [4.69, 9.17) is 23.8 Å². The van der Waals surface area contributed by atoms with Crippen LogP contribution in [-0.2, 0) is 0 Å². The topological polar surface area (TPSA) is 46.0 Å². The Labute approximate surface area is 150 Å². The van der Waals surface area contributed by atoms with E-state index in [0.717, 1.165) is 16.7 Å². The summed E-state index contributed by atoms with van der Waals surface area (Å²) in [5, 5.41) is 11.9. The van der Waals surface area contributed by atoms with Gasteiger partial charge in [0.25, 0.3) is 0 Å². The smallest absolute Gasteiger partial charge is 0.216 e. The molecular weight excluding hydrogens is 340 g/mol. The maximum Gasteiger partial charge on any atom is 0.216 e. The highest BCUT2D eigenvalue weighted by Crippen LogP contribution is 2.21. The van der Waals surface area contributed by atoms with Crippen LogP contribution >= 0.6 is 23.8 Å². The van der Waals surface area contributed by atoms with Crippen LogP contribution in [0.5, 0.6) is 0 Å². The molecule has 0 aliphatic heterocycles. The quantitative estimate of drug-likeness (QED) is 0.527. The summed E-state index contributed by atoms with van der Waals surface area (Å²) in [7, 11) is 0. The van der Waals surface area contributed by atoms with Crippen molar-refractivity contribution in [2.45, 2.75) is 6.92 Å². The number of benzene rings is 2. The molecule has 3 aromatic rings. The summed E-state index contributed by atoms with van der Waals surface area (Å²) in [6.07, 6.45) is 3.39. The van der Waals surface area contributed by atoms with Crippen molar-refractivity contribution < 1.29 is 0 Å². The first-order chi connectivity index (χ1) is 11.6. The third-order valence-corrected chi connectivity index (χ3v) is 3.91. The minimum absolute atomic E-state index is 0.411. The molecule has 0 bridgehead atoms. The molecule has 6 heteroatoms. The second-order valence-corrected chi connectivity index (χ2v) is 5.99. The summed E-state index contributed by atoms with van der Waals surface area (Å²) < 4.78 is 1.98. The molecule has 1 N–H and O–H groups in total. The van der Waals surface area contributed by atoms with Gasteiger partial charge in [0.15, 0.2) is 5.82 Å². The Morgan fingerprint density at radius 3 is 2.62 bits per heavy atom. The van der Waals surface area contributed by atoms with Crippen LogP contribution in [0.4, 0.5) is 0 Å². The number of rotatable bonds is 4. The van der Waals surface area contributed by atoms with Crippen LogP contribution in [0.2, 0.25) is 0 Å². The Morgan fingerprint density at radius 1 is 1.17 bits per heavy atom. The molecule has 4 nitrogen and oxygen atoms in total. The van der Waals surface area contributed by atoms with E-state index in [1.165, 1.54) is 0 Å². The lowest BCUT2D eigenvalue weighted by molar-refractivity contribution is 0.871. The normalized spacial score (nSPS) is 12.0. The molecule has 0 aliphatic carbocycles. The van der Waals surface area contributed by atoms with Crippen LogP contribution in [0.3, 0.4) is 0 Å². The van der Waals surface area contributed by atoms with Crippen molar-refractivity contribution in [1.82, 2.24) is 14.9 Å². The van der Waals surface area contributed by atoms with Gasteiger partial charge in [0.05, 0.1) is 11.2 Å². The highest BCUT2D eigenvalue weighted by Gasteiger charge is 2.09. The third kappa shape index (κ3) is 3.69. The third-order valence-electron chi connectivity index (χ3n) is 3.44. The molecule has 2 aromatic carbocycles. The maximum absolute atomic E-state index is 6.25. The van der Waals surface area contributed by atoms with Gasteiger partial charge in [-0.05, 0) is 36.3 Å². The fourth-order valence-corrected chi connectivity index (χ4v) is 2.60. The van der Waals surface area contributed by atoms with E-state index < -0.39 is 0 Å². The van der Waals surface area contributed by atoms with E-state index in [1.54, 1.807) is 10.9 Å². The number of aryl methyl sites for hydroxylation is 1. The second kappa shape index (κ2) is 7.38. The minimum Gasteiger partial charge on any atom is -0.250 e. The van der Waals surface area contributed by atoms with E-state index in [-0.39, 0.29) is 0 Å². The molecule has 0 spiro atoms. The zero-order valence-corrected chi connectivity index (χ0v) is 14.6. The van der Waals surface area contributed by atoms with Crippen molar-refractivity contribution in [3.8, 4) is 11.4 Å². The molecule has 0 saturated heterocycles. The van der Waals surface area contributed by atoms with Crippen molar-refractivity contribution in [3.63, 3.8) is 0 Å². The van der Waals surface area contributed by atoms with Crippen LogP contribution < -0.4 is 0 Å². The van der Waals surface area contributed by atoms with Gasteiger partial charge in [-0.25, -0.2) is 5.10 Å². The Hall–Kier alpha value is -2.50. The summed E-state index contributed by atoms with van der Waals surface area (Å²) in [5.41, 5.74) is 3.06. The van der Waals surface area contributed by atoms with Crippen LogP contribution in [-0.4, -0.2) is 21.1 Å². The predicted octanol–water partition coefficient (Wildman–Crippen LogP) is 5.03. The van der Waals surface area contributed by atoms with E-state index >= 15 is 0 Å². The standard InChI is InChI=1S/C18H15ClN4S/c1-13-7-5-6-10-16(13)17-21-22-18(24)23(17)20-12-15(19)11-14-8-3-2-4-9-14/h2-12H,1H3,(H,22,24)/b15-11+,20-12-. The van der Waals surface area contributed by atoms with Crippen LogP contribution in [0.15, 0.2) is 64.7 Å². The summed E-state index contributed by atoms with van der Waals surface area (Å²) in [4.78, 5) is 0. The van der Waals surface area contributed by atoms with E-state index in [0.29, 0.717) is 15.6 Å². The van der Waals surface area contributed by atoms with Gasteiger partial charge in [-0.3, -0.25) is 0 Å². The Morgan fingerprint density at radius 2 is 1.88 bits per heavy atom. The van der Waals surface area contributed by atoms with Gasteiger partial charge in [-0.1, -0.05) is 66.2 Å². The fourth-order valence-electron chi connectivity index (χ4n) is 2.26. The molecule has 24 heavy (non-hydrogen) atoms. The highest BCUT2D eigenvalue weighted by molar-refractivity contribution is 7.71. The predicted molar refractivity (Wildman–Crippen MR) is 102 cm³/mol. The van der Waals surface area contributed by atoms with Gasteiger partial charge in [-0.15, -0.1) is 0 Å². The van der Waals surface area contributed by atoms with E-state index in [2.05, 4.69) is 15.3 Å². The van der Waals surface area contributed by atoms with Gasteiger partial charge in [-0.2, -0.15) is 14.9 Å². The number of nitrogens with zero attached hydrogens (tertiary/aromatic N) is 3. The number of aromatic nitrogens is 3. The van der Waals surface area contributed by atoms with Gasteiger partial charge in [0.2, 0.25) is 4.77 Å². The van der Waals surface area contributed by atoms with Crippen molar-refractivity contribution >= 4 is 36.1 Å². The zero-order chi connectivity index (χ0) is 16.9.